The zero-order chi connectivity index (χ0) is 18.5. The summed E-state index contributed by atoms with van der Waals surface area (Å²) in [5.41, 5.74) is 0.902. The van der Waals surface area contributed by atoms with E-state index in [2.05, 4.69) is 24.1 Å². The molecule has 3 nitrogen and oxygen atoms in total. The lowest BCUT2D eigenvalue weighted by Crippen LogP contribution is -2.46. The molecular weight excluding hydrogens is 347 g/mol. The monoisotopic (exact) mass is 374 g/mol. The molecule has 3 rings (SSSR count). The molecule has 0 spiro atoms. The van der Waals surface area contributed by atoms with Crippen LogP contribution in [0.1, 0.15) is 56.0 Å². The fraction of sp³-hybridized carbons (Fsp3) is 0.476. The summed E-state index contributed by atoms with van der Waals surface area (Å²) >= 11 is 1.60. The Hall–Kier alpha value is -1.72. The van der Waals surface area contributed by atoms with Crippen molar-refractivity contribution in [2.75, 3.05) is 6.54 Å². The zero-order valence-corrected chi connectivity index (χ0v) is 16.3. The van der Waals surface area contributed by atoms with Gasteiger partial charge in [-0.1, -0.05) is 31.0 Å². The van der Waals surface area contributed by atoms with Crippen molar-refractivity contribution in [1.29, 1.82) is 0 Å². The van der Waals surface area contributed by atoms with Crippen molar-refractivity contribution in [2.45, 2.75) is 57.7 Å². The van der Waals surface area contributed by atoms with Crippen LogP contribution in [0.3, 0.4) is 0 Å². The average molecular weight is 375 g/mol. The number of halogens is 1. The van der Waals surface area contributed by atoms with Crippen LogP contribution >= 0.6 is 11.3 Å². The van der Waals surface area contributed by atoms with Gasteiger partial charge in [0, 0.05) is 17.0 Å². The van der Waals surface area contributed by atoms with Crippen LogP contribution in [0, 0.1) is 5.82 Å². The number of hydrogen-bond donors (Lipinski definition) is 1. The van der Waals surface area contributed by atoms with Crippen molar-refractivity contribution in [1.82, 2.24) is 10.2 Å². The lowest BCUT2D eigenvalue weighted by atomic mass is 10.0. The molecule has 1 amide bonds. The zero-order valence-electron chi connectivity index (χ0n) is 15.5. The highest BCUT2D eigenvalue weighted by atomic mass is 32.1. The highest BCUT2D eigenvalue weighted by Gasteiger charge is 2.27. The van der Waals surface area contributed by atoms with Crippen LogP contribution in [0.25, 0.3) is 0 Å². The van der Waals surface area contributed by atoms with Crippen molar-refractivity contribution in [3.8, 4) is 0 Å². The largest absolute Gasteiger partial charge is 0.343 e. The van der Waals surface area contributed by atoms with E-state index in [-0.39, 0.29) is 17.8 Å². The highest BCUT2D eigenvalue weighted by molar-refractivity contribution is 7.10. The number of carbonyl (C=O) groups excluding carboxylic acids is 1. The van der Waals surface area contributed by atoms with Gasteiger partial charge in [-0.2, -0.15) is 0 Å². The Morgan fingerprint density at radius 1 is 1.23 bits per heavy atom. The third-order valence-corrected chi connectivity index (χ3v) is 6.06. The molecule has 26 heavy (non-hydrogen) atoms. The molecule has 0 radical (unpaired) electrons. The highest BCUT2D eigenvalue weighted by Crippen LogP contribution is 2.27. The molecule has 0 aliphatic heterocycles. The first-order valence-electron chi connectivity index (χ1n) is 9.38. The molecular formula is C21H27FN2OS. The van der Waals surface area contributed by atoms with Crippen molar-refractivity contribution in [3.63, 3.8) is 0 Å². The van der Waals surface area contributed by atoms with Crippen molar-refractivity contribution in [2.24, 2.45) is 0 Å². The molecule has 1 unspecified atom stereocenters. The van der Waals surface area contributed by atoms with Gasteiger partial charge in [0.1, 0.15) is 5.82 Å². The van der Waals surface area contributed by atoms with E-state index in [1.54, 1.807) is 23.5 Å². The van der Waals surface area contributed by atoms with E-state index in [0.29, 0.717) is 18.6 Å². The predicted octanol–water partition coefficient (Wildman–Crippen LogP) is 4.75. The summed E-state index contributed by atoms with van der Waals surface area (Å²) in [5, 5.41) is 5.17. The van der Waals surface area contributed by atoms with Gasteiger partial charge in [-0.3, -0.25) is 9.69 Å². The van der Waals surface area contributed by atoms with Crippen molar-refractivity contribution < 1.29 is 9.18 Å². The Bertz CT molecular complexity index is 693. The van der Waals surface area contributed by atoms with E-state index in [4.69, 9.17) is 0 Å². The third-order valence-electron chi connectivity index (χ3n) is 5.12. The Balaban J connectivity index is 1.73. The Kier molecular flexibility index (Phi) is 6.43. The summed E-state index contributed by atoms with van der Waals surface area (Å²) in [6.45, 7) is 4.72. The van der Waals surface area contributed by atoms with E-state index in [0.717, 1.165) is 10.4 Å². The SMILES string of the molecule is CC(C)N(CC(=O)NC(c1ccc(F)cc1)c1cccs1)C1CCCC1. The predicted molar refractivity (Wildman–Crippen MR) is 105 cm³/mol. The van der Waals surface area contributed by atoms with Gasteiger partial charge >= 0.3 is 0 Å². The normalized spacial score (nSPS) is 16.3. The molecule has 1 N–H and O–H groups in total. The summed E-state index contributed by atoms with van der Waals surface area (Å²) in [4.78, 5) is 16.2. The van der Waals surface area contributed by atoms with E-state index in [1.807, 2.05) is 17.5 Å². The first-order chi connectivity index (χ1) is 12.5. The molecule has 2 aromatic rings. The molecule has 0 saturated heterocycles. The second-order valence-corrected chi connectivity index (χ2v) is 8.25. The minimum absolute atomic E-state index is 0.0216. The molecule has 0 bridgehead atoms. The molecule has 1 atom stereocenters. The van der Waals surface area contributed by atoms with Gasteiger partial charge in [0.2, 0.25) is 5.91 Å². The first kappa shape index (κ1) is 19.1. The maximum atomic E-state index is 13.3. The van der Waals surface area contributed by atoms with E-state index in [9.17, 15) is 9.18 Å². The van der Waals surface area contributed by atoms with Gasteiger partial charge in [-0.25, -0.2) is 4.39 Å². The number of carbonyl (C=O) groups is 1. The van der Waals surface area contributed by atoms with Crippen LogP contribution in [0.2, 0.25) is 0 Å². The number of nitrogens with zero attached hydrogens (tertiary/aromatic N) is 1. The molecule has 5 heteroatoms. The number of rotatable bonds is 7. The number of benzene rings is 1. The van der Waals surface area contributed by atoms with Crippen LogP contribution in [0.15, 0.2) is 41.8 Å². The maximum Gasteiger partial charge on any atom is 0.234 e. The third kappa shape index (κ3) is 4.71. The van der Waals surface area contributed by atoms with Gasteiger partial charge in [-0.15, -0.1) is 11.3 Å². The van der Waals surface area contributed by atoms with Crippen LogP contribution in [0.5, 0.6) is 0 Å². The topological polar surface area (TPSA) is 32.3 Å². The minimum Gasteiger partial charge on any atom is -0.343 e. The van der Waals surface area contributed by atoms with Gasteiger partial charge in [-0.05, 0) is 55.8 Å². The van der Waals surface area contributed by atoms with Crippen LogP contribution in [0.4, 0.5) is 4.39 Å². The summed E-state index contributed by atoms with van der Waals surface area (Å²) in [6.07, 6.45) is 4.86. The standard InChI is InChI=1S/C21H27FN2OS/c1-15(2)24(18-6-3-4-7-18)14-20(25)23-21(19-8-5-13-26-19)16-9-11-17(22)12-10-16/h5,8-13,15,18,21H,3-4,6-7,14H2,1-2H3,(H,23,25). The number of amides is 1. The Morgan fingerprint density at radius 3 is 2.50 bits per heavy atom. The molecule has 1 aromatic heterocycles. The lowest BCUT2D eigenvalue weighted by molar-refractivity contribution is -0.123. The second-order valence-electron chi connectivity index (χ2n) is 7.27. The van der Waals surface area contributed by atoms with E-state index in [1.165, 1.54) is 37.8 Å². The van der Waals surface area contributed by atoms with Crippen LogP contribution in [-0.4, -0.2) is 29.4 Å². The molecule has 1 saturated carbocycles. The van der Waals surface area contributed by atoms with E-state index >= 15 is 0 Å². The van der Waals surface area contributed by atoms with Gasteiger partial charge in [0.15, 0.2) is 0 Å². The number of nitrogens with one attached hydrogen (secondary N) is 1. The summed E-state index contributed by atoms with van der Waals surface area (Å²) < 4.78 is 13.3. The molecule has 1 fully saturated rings. The van der Waals surface area contributed by atoms with Crippen molar-refractivity contribution in [3.05, 3.63) is 58.0 Å². The van der Waals surface area contributed by atoms with Gasteiger partial charge < -0.3 is 5.32 Å². The van der Waals surface area contributed by atoms with Crippen molar-refractivity contribution >= 4 is 17.2 Å². The van der Waals surface area contributed by atoms with Crippen LogP contribution in [-0.2, 0) is 4.79 Å². The first-order valence-corrected chi connectivity index (χ1v) is 10.3. The lowest BCUT2D eigenvalue weighted by Gasteiger charge is -2.32. The number of thiophene rings is 1. The molecule has 1 heterocycles. The minimum atomic E-state index is -0.266. The summed E-state index contributed by atoms with van der Waals surface area (Å²) in [5.74, 6) is -0.245. The fourth-order valence-electron chi connectivity index (χ4n) is 3.77. The Morgan fingerprint density at radius 2 is 1.92 bits per heavy atom. The smallest absolute Gasteiger partial charge is 0.234 e. The Labute approximate surface area is 159 Å². The molecule has 1 aliphatic carbocycles. The summed E-state index contributed by atoms with van der Waals surface area (Å²) in [6, 6.07) is 11.0. The number of hydrogen-bond acceptors (Lipinski definition) is 3. The summed E-state index contributed by atoms with van der Waals surface area (Å²) in [7, 11) is 0. The quantitative estimate of drug-likeness (QED) is 0.759. The van der Waals surface area contributed by atoms with Crippen LogP contribution < -0.4 is 5.32 Å². The van der Waals surface area contributed by atoms with Gasteiger partial charge in [0.05, 0.1) is 12.6 Å². The van der Waals surface area contributed by atoms with E-state index < -0.39 is 0 Å². The maximum absolute atomic E-state index is 13.3. The fourth-order valence-corrected chi connectivity index (χ4v) is 4.57. The molecule has 1 aliphatic rings. The molecule has 140 valence electrons. The second kappa shape index (κ2) is 8.78. The molecule has 1 aromatic carbocycles. The average Bonchev–Trinajstić information content (AvgIpc) is 3.32. The van der Waals surface area contributed by atoms with Gasteiger partial charge in [0.25, 0.3) is 0 Å².